The first-order chi connectivity index (χ1) is 4.83. The van der Waals surface area contributed by atoms with E-state index >= 15 is 0 Å². The van der Waals surface area contributed by atoms with E-state index in [-0.39, 0.29) is 12.8 Å². The molecule has 0 radical (unpaired) electrons. The molecule has 0 aromatic rings. The summed E-state index contributed by atoms with van der Waals surface area (Å²) in [5.41, 5.74) is 0. The molecule has 0 amide bonds. The van der Waals surface area contributed by atoms with Crippen molar-refractivity contribution in [1.29, 1.82) is 0 Å². The minimum absolute atomic E-state index is 0.259. The van der Waals surface area contributed by atoms with Crippen LogP contribution in [0.4, 0.5) is 4.39 Å². The van der Waals surface area contributed by atoms with Gasteiger partial charge < -0.3 is 10.4 Å². The molecule has 1 aliphatic rings. The van der Waals surface area contributed by atoms with Crippen LogP contribution in [0.1, 0.15) is 12.8 Å². The molecular formula is C7H14FNO. The van der Waals surface area contributed by atoms with Crippen LogP contribution < -0.4 is 5.32 Å². The van der Waals surface area contributed by atoms with Gasteiger partial charge in [0.25, 0.3) is 0 Å². The number of halogens is 1. The minimum Gasteiger partial charge on any atom is -0.392 e. The first kappa shape index (κ1) is 7.95. The summed E-state index contributed by atoms with van der Waals surface area (Å²) >= 11 is 0. The molecule has 2 atom stereocenters. The fourth-order valence-electron chi connectivity index (χ4n) is 1.38. The van der Waals surface area contributed by atoms with Crippen LogP contribution in [0, 0.1) is 5.92 Å². The number of piperidine rings is 1. The van der Waals surface area contributed by atoms with Gasteiger partial charge >= 0.3 is 0 Å². The third-order valence-electron chi connectivity index (χ3n) is 1.94. The standard InChI is InChI=1S/C7H14FNO/c8-2-1-6-3-7(10)5-9-4-6/h6-7,9-10H,1-5H2/t6-,7+/m1/s1. The molecule has 10 heavy (non-hydrogen) atoms. The van der Waals surface area contributed by atoms with Gasteiger partial charge in [0.1, 0.15) is 0 Å². The van der Waals surface area contributed by atoms with Gasteiger partial charge in [-0.25, -0.2) is 0 Å². The molecule has 60 valence electrons. The zero-order valence-corrected chi connectivity index (χ0v) is 6.02. The van der Waals surface area contributed by atoms with Gasteiger partial charge in [0.2, 0.25) is 0 Å². The fraction of sp³-hybridized carbons (Fsp3) is 1.00. The van der Waals surface area contributed by atoms with Gasteiger partial charge in [-0.1, -0.05) is 0 Å². The van der Waals surface area contributed by atoms with E-state index < -0.39 is 0 Å². The average molecular weight is 147 g/mol. The molecule has 0 aromatic heterocycles. The Morgan fingerprint density at radius 1 is 1.50 bits per heavy atom. The molecule has 0 spiro atoms. The first-order valence-corrected chi connectivity index (χ1v) is 3.77. The minimum atomic E-state index is -0.265. The molecule has 0 aliphatic carbocycles. The van der Waals surface area contributed by atoms with E-state index in [1.54, 1.807) is 0 Å². The maximum atomic E-state index is 11.8. The Labute approximate surface area is 60.4 Å². The number of aliphatic hydroxyl groups excluding tert-OH is 1. The second-order valence-corrected chi connectivity index (χ2v) is 2.89. The quantitative estimate of drug-likeness (QED) is 0.589. The SMILES string of the molecule is O[C@@H]1CNC[C@H](CCF)C1. The molecule has 1 aliphatic heterocycles. The molecule has 0 aromatic carbocycles. The van der Waals surface area contributed by atoms with Gasteiger partial charge in [-0.15, -0.1) is 0 Å². The van der Waals surface area contributed by atoms with Crippen molar-refractivity contribution in [1.82, 2.24) is 5.32 Å². The van der Waals surface area contributed by atoms with E-state index in [1.165, 1.54) is 0 Å². The lowest BCUT2D eigenvalue weighted by Crippen LogP contribution is -2.39. The van der Waals surface area contributed by atoms with E-state index in [0.717, 1.165) is 13.0 Å². The van der Waals surface area contributed by atoms with Crippen molar-refractivity contribution >= 4 is 0 Å². The highest BCUT2D eigenvalue weighted by Crippen LogP contribution is 2.13. The molecule has 1 rings (SSSR count). The number of hydrogen-bond acceptors (Lipinski definition) is 2. The zero-order valence-electron chi connectivity index (χ0n) is 6.02. The Morgan fingerprint density at radius 3 is 2.90 bits per heavy atom. The van der Waals surface area contributed by atoms with Gasteiger partial charge in [0.05, 0.1) is 12.8 Å². The van der Waals surface area contributed by atoms with Gasteiger partial charge in [0, 0.05) is 6.54 Å². The Balaban J connectivity index is 2.18. The third kappa shape index (κ3) is 2.23. The first-order valence-electron chi connectivity index (χ1n) is 3.77. The van der Waals surface area contributed by atoms with Crippen molar-refractivity contribution in [2.45, 2.75) is 18.9 Å². The van der Waals surface area contributed by atoms with Crippen LogP contribution in [0.25, 0.3) is 0 Å². The Morgan fingerprint density at radius 2 is 2.30 bits per heavy atom. The van der Waals surface area contributed by atoms with Crippen LogP contribution in [-0.4, -0.2) is 31.0 Å². The van der Waals surface area contributed by atoms with E-state index in [2.05, 4.69) is 5.32 Å². The van der Waals surface area contributed by atoms with Gasteiger partial charge in [-0.05, 0) is 25.3 Å². The second kappa shape index (κ2) is 3.88. The number of β-amino-alcohol motifs (C(OH)–C–C–N with tert-alkyl or cyclic N) is 1. The van der Waals surface area contributed by atoms with Gasteiger partial charge in [-0.3, -0.25) is 4.39 Å². The van der Waals surface area contributed by atoms with Crippen LogP contribution in [0.15, 0.2) is 0 Å². The summed E-state index contributed by atoms with van der Waals surface area (Å²) in [7, 11) is 0. The molecule has 1 fully saturated rings. The largest absolute Gasteiger partial charge is 0.392 e. The normalized spacial score (nSPS) is 34.2. The van der Waals surface area contributed by atoms with Crippen molar-refractivity contribution in [3.05, 3.63) is 0 Å². The third-order valence-corrected chi connectivity index (χ3v) is 1.94. The molecule has 1 saturated heterocycles. The van der Waals surface area contributed by atoms with Crippen LogP contribution in [0.3, 0.4) is 0 Å². The van der Waals surface area contributed by atoms with E-state index in [0.29, 0.717) is 18.9 Å². The van der Waals surface area contributed by atoms with Crippen molar-refractivity contribution in [2.24, 2.45) is 5.92 Å². The summed E-state index contributed by atoms with van der Waals surface area (Å²) in [5.74, 6) is 0.341. The van der Waals surface area contributed by atoms with E-state index in [1.807, 2.05) is 0 Å². The van der Waals surface area contributed by atoms with Crippen molar-refractivity contribution in [3.8, 4) is 0 Å². The molecule has 0 saturated carbocycles. The number of rotatable bonds is 2. The van der Waals surface area contributed by atoms with E-state index in [9.17, 15) is 4.39 Å². The lowest BCUT2D eigenvalue weighted by Gasteiger charge is -2.25. The monoisotopic (exact) mass is 147 g/mol. The van der Waals surface area contributed by atoms with Gasteiger partial charge in [-0.2, -0.15) is 0 Å². The highest BCUT2D eigenvalue weighted by atomic mass is 19.1. The number of aliphatic hydroxyl groups is 1. The summed E-state index contributed by atoms with van der Waals surface area (Å²) in [6.45, 7) is 1.27. The predicted octanol–water partition coefficient (Wildman–Crippen LogP) is 0.316. The number of hydrogen-bond donors (Lipinski definition) is 2. The van der Waals surface area contributed by atoms with Crippen molar-refractivity contribution < 1.29 is 9.50 Å². The van der Waals surface area contributed by atoms with Crippen LogP contribution >= 0.6 is 0 Å². The van der Waals surface area contributed by atoms with Gasteiger partial charge in [0.15, 0.2) is 0 Å². The maximum Gasteiger partial charge on any atom is 0.0897 e. The zero-order chi connectivity index (χ0) is 7.40. The Kier molecular flexibility index (Phi) is 3.09. The Bertz CT molecular complexity index is 97.6. The fourth-order valence-corrected chi connectivity index (χ4v) is 1.38. The smallest absolute Gasteiger partial charge is 0.0897 e. The topological polar surface area (TPSA) is 32.3 Å². The Hall–Kier alpha value is -0.150. The summed E-state index contributed by atoms with van der Waals surface area (Å²) < 4.78 is 11.8. The molecule has 3 heteroatoms. The number of nitrogens with one attached hydrogen (secondary N) is 1. The van der Waals surface area contributed by atoms with Crippen molar-refractivity contribution in [3.63, 3.8) is 0 Å². The molecular weight excluding hydrogens is 133 g/mol. The van der Waals surface area contributed by atoms with Crippen LogP contribution in [-0.2, 0) is 0 Å². The highest BCUT2D eigenvalue weighted by Gasteiger charge is 2.18. The predicted molar refractivity (Wildman–Crippen MR) is 37.6 cm³/mol. The lowest BCUT2D eigenvalue weighted by atomic mass is 9.95. The average Bonchev–Trinajstić information content (AvgIpc) is 1.88. The highest BCUT2D eigenvalue weighted by molar-refractivity contribution is 4.74. The summed E-state index contributed by atoms with van der Waals surface area (Å²) in [4.78, 5) is 0. The van der Waals surface area contributed by atoms with Crippen molar-refractivity contribution in [2.75, 3.05) is 19.8 Å². The molecule has 0 unspecified atom stereocenters. The maximum absolute atomic E-state index is 11.8. The van der Waals surface area contributed by atoms with Crippen LogP contribution in [0.5, 0.6) is 0 Å². The summed E-state index contributed by atoms with van der Waals surface area (Å²) in [5, 5.41) is 12.2. The van der Waals surface area contributed by atoms with E-state index in [4.69, 9.17) is 5.11 Å². The molecule has 1 heterocycles. The molecule has 0 bridgehead atoms. The molecule has 2 nitrogen and oxygen atoms in total. The van der Waals surface area contributed by atoms with Crippen LogP contribution in [0.2, 0.25) is 0 Å². The number of alkyl halides is 1. The molecule has 2 N–H and O–H groups in total. The lowest BCUT2D eigenvalue weighted by molar-refractivity contribution is 0.109. The summed E-state index contributed by atoms with van der Waals surface area (Å²) in [6, 6.07) is 0. The summed E-state index contributed by atoms with van der Waals surface area (Å²) in [6.07, 6.45) is 1.09. The second-order valence-electron chi connectivity index (χ2n) is 2.89.